The van der Waals surface area contributed by atoms with Crippen LogP contribution in [-0.4, -0.2) is 14.5 Å². The van der Waals surface area contributed by atoms with E-state index in [2.05, 4.69) is 32.0 Å². The Balaban J connectivity index is 1.92. The molecule has 18 heavy (non-hydrogen) atoms. The van der Waals surface area contributed by atoms with Gasteiger partial charge in [-0.05, 0) is 12.1 Å². The van der Waals surface area contributed by atoms with Gasteiger partial charge in [0.2, 0.25) is 0 Å². The fourth-order valence-corrected chi connectivity index (χ4v) is 2.43. The highest BCUT2D eigenvalue weighted by Crippen LogP contribution is 2.24. The molecule has 0 bridgehead atoms. The summed E-state index contributed by atoms with van der Waals surface area (Å²) in [5.41, 5.74) is 2.24. The van der Waals surface area contributed by atoms with Crippen molar-refractivity contribution >= 4 is 16.7 Å². The number of nitrogens with zero attached hydrogens (tertiary/aromatic N) is 3. The van der Waals surface area contributed by atoms with Crippen molar-refractivity contribution in [2.45, 2.75) is 13.1 Å². The third-order valence-corrected chi connectivity index (χ3v) is 3.36. The largest absolute Gasteiger partial charge is 0.363 e. The summed E-state index contributed by atoms with van der Waals surface area (Å²) in [5.74, 6) is 2.02. The molecule has 0 fully saturated rings. The van der Waals surface area contributed by atoms with E-state index in [1.54, 1.807) is 0 Å². The van der Waals surface area contributed by atoms with Gasteiger partial charge in [0.25, 0.3) is 0 Å². The SMILES string of the molecule is c1ccc2nc3c(cc2c1)Cn1ccnc1CN3. The van der Waals surface area contributed by atoms with Crippen LogP contribution in [0.5, 0.6) is 0 Å². The normalized spacial score (nSPS) is 13.6. The highest BCUT2D eigenvalue weighted by atomic mass is 15.1. The molecule has 2 aromatic heterocycles. The molecule has 0 aliphatic carbocycles. The van der Waals surface area contributed by atoms with Gasteiger partial charge in [0.1, 0.15) is 11.6 Å². The minimum Gasteiger partial charge on any atom is -0.363 e. The average molecular weight is 236 g/mol. The van der Waals surface area contributed by atoms with Crippen LogP contribution in [-0.2, 0) is 13.1 Å². The number of hydrogen-bond acceptors (Lipinski definition) is 3. The molecule has 1 aliphatic heterocycles. The van der Waals surface area contributed by atoms with E-state index >= 15 is 0 Å². The molecular weight excluding hydrogens is 224 g/mol. The van der Waals surface area contributed by atoms with Gasteiger partial charge in [-0.15, -0.1) is 0 Å². The van der Waals surface area contributed by atoms with E-state index in [0.717, 1.165) is 30.2 Å². The summed E-state index contributed by atoms with van der Waals surface area (Å²) in [6.45, 7) is 1.56. The van der Waals surface area contributed by atoms with E-state index in [1.165, 1.54) is 10.9 Å². The Kier molecular flexibility index (Phi) is 1.91. The molecule has 1 N–H and O–H groups in total. The summed E-state index contributed by atoms with van der Waals surface area (Å²) in [5, 5.41) is 4.55. The molecule has 88 valence electrons. The van der Waals surface area contributed by atoms with Crippen LogP contribution in [0.15, 0.2) is 42.7 Å². The minimum atomic E-state index is 0.728. The lowest BCUT2D eigenvalue weighted by atomic mass is 10.1. The number of pyridine rings is 1. The number of benzene rings is 1. The molecular formula is C14H12N4. The molecule has 0 atom stereocenters. The van der Waals surface area contributed by atoms with Gasteiger partial charge in [-0.2, -0.15) is 0 Å². The van der Waals surface area contributed by atoms with E-state index in [1.807, 2.05) is 30.6 Å². The van der Waals surface area contributed by atoms with Crippen LogP contribution in [0, 0.1) is 0 Å². The van der Waals surface area contributed by atoms with Crippen LogP contribution >= 0.6 is 0 Å². The number of para-hydroxylation sites is 1. The molecule has 3 heterocycles. The standard InChI is InChI=1S/C14H12N4/c1-2-4-12-10(3-1)7-11-9-18-6-5-15-13(18)8-16-14(11)17-12/h1-7H,8-9H2,(H,16,17). The van der Waals surface area contributed by atoms with Crippen LogP contribution < -0.4 is 5.32 Å². The smallest absolute Gasteiger partial charge is 0.132 e. The Labute approximate surface area is 104 Å². The molecule has 0 saturated carbocycles. The molecule has 0 unspecified atom stereocenters. The van der Waals surface area contributed by atoms with Crippen LogP contribution in [0.4, 0.5) is 5.82 Å². The summed E-state index contributed by atoms with van der Waals surface area (Å²) in [7, 11) is 0. The quantitative estimate of drug-likeness (QED) is 0.651. The molecule has 0 radical (unpaired) electrons. The Morgan fingerprint density at radius 1 is 1.22 bits per heavy atom. The van der Waals surface area contributed by atoms with Gasteiger partial charge >= 0.3 is 0 Å². The van der Waals surface area contributed by atoms with Crippen LogP contribution in [0.2, 0.25) is 0 Å². The van der Waals surface area contributed by atoms with Gasteiger partial charge in [0.15, 0.2) is 0 Å². The maximum atomic E-state index is 4.69. The fraction of sp³-hybridized carbons (Fsp3) is 0.143. The Morgan fingerprint density at radius 3 is 3.17 bits per heavy atom. The third-order valence-electron chi connectivity index (χ3n) is 3.36. The number of nitrogens with one attached hydrogen (secondary N) is 1. The van der Waals surface area contributed by atoms with Crippen molar-refractivity contribution in [1.82, 2.24) is 14.5 Å². The van der Waals surface area contributed by atoms with Crippen LogP contribution in [0.1, 0.15) is 11.4 Å². The third kappa shape index (κ3) is 1.39. The zero-order valence-electron chi connectivity index (χ0n) is 9.80. The molecule has 1 aliphatic rings. The lowest BCUT2D eigenvalue weighted by Gasteiger charge is -2.08. The first-order valence-corrected chi connectivity index (χ1v) is 6.03. The van der Waals surface area contributed by atoms with Gasteiger partial charge in [-0.25, -0.2) is 9.97 Å². The van der Waals surface area contributed by atoms with Gasteiger partial charge in [-0.1, -0.05) is 18.2 Å². The molecule has 4 nitrogen and oxygen atoms in total. The summed E-state index contributed by atoms with van der Waals surface area (Å²) in [4.78, 5) is 9.03. The average Bonchev–Trinajstić information content (AvgIpc) is 2.77. The van der Waals surface area contributed by atoms with Crippen molar-refractivity contribution in [3.05, 3.63) is 54.1 Å². The molecule has 4 rings (SSSR count). The number of fused-ring (bicyclic) bond motifs is 3. The van der Waals surface area contributed by atoms with Crippen molar-refractivity contribution in [3.63, 3.8) is 0 Å². The predicted molar refractivity (Wildman–Crippen MR) is 70.4 cm³/mol. The highest BCUT2D eigenvalue weighted by molar-refractivity contribution is 5.81. The summed E-state index contributed by atoms with van der Waals surface area (Å²) in [6, 6.07) is 10.4. The highest BCUT2D eigenvalue weighted by Gasteiger charge is 2.14. The van der Waals surface area contributed by atoms with Crippen LogP contribution in [0.3, 0.4) is 0 Å². The van der Waals surface area contributed by atoms with E-state index in [4.69, 9.17) is 0 Å². The lowest BCUT2D eigenvalue weighted by Crippen LogP contribution is -2.03. The van der Waals surface area contributed by atoms with Crippen molar-refractivity contribution in [1.29, 1.82) is 0 Å². The molecule has 0 saturated heterocycles. The maximum Gasteiger partial charge on any atom is 0.132 e. The zero-order valence-corrected chi connectivity index (χ0v) is 9.80. The second-order valence-electron chi connectivity index (χ2n) is 4.51. The summed E-state index contributed by atoms with van der Waals surface area (Å²) in [6.07, 6.45) is 3.86. The Hall–Kier alpha value is -2.36. The van der Waals surface area contributed by atoms with E-state index in [-0.39, 0.29) is 0 Å². The van der Waals surface area contributed by atoms with Crippen molar-refractivity contribution in [3.8, 4) is 0 Å². The predicted octanol–water partition coefficient (Wildman–Crippen LogP) is 2.41. The zero-order chi connectivity index (χ0) is 11.9. The Morgan fingerprint density at radius 2 is 2.17 bits per heavy atom. The second kappa shape index (κ2) is 3.57. The number of rotatable bonds is 0. The first kappa shape index (κ1) is 9.65. The fourth-order valence-electron chi connectivity index (χ4n) is 2.43. The number of imidazole rings is 1. The number of aromatic nitrogens is 3. The summed E-state index contributed by atoms with van der Waals surface area (Å²) < 4.78 is 2.16. The Bertz CT molecular complexity index is 729. The monoisotopic (exact) mass is 236 g/mol. The first-order valence-electron chi connectivity index (χ1n) is 6.03. The molecule has 0 spiro atoms. The summed E-state index contributed by atoms with van der Waals surface area (Å²) >= 11 is 0. The van der Waals surface area contributed by atoms with Gasteiger partial charge < -0.3 is 9.88 Å². The minimum absolute atomic E-state index is 0.728. The van der Waals surface area contributed by atoms with Gasteiger partial charge in [0.05, 0.1) is 18.6 Å². The lowest BCUT2D eigenvalue weighted by molar-refractivity contribution is 0.754. The van der Waals surface area contributed by atoms with Crippen molar-refractivity contribution < 1.29 is 0 Å². The number of anilines is 1. The van der Waals surface area contributed by atoms with Crippen molar-refractivity contribution in [2.24, 2.45) is 0 Å². The van der Waals surface area contributed by atoms with E-state index in [0.29, 0.717) is 0 Å². The van der Waals surface area contributed by atoms with Gasteiger partial charge in [-0.3, -0.25) is 0 Å². The first-order chi connectivity index (χ1) is 8.90. The molecule has 0 amide bonds. The van der Waals surface area contributed by atoms with Crippen molar-refractivity contribution in [2.75, 3.05) is 5.32 Å². The maximum absolute atomic E-state index is 4.69. The second-order valence-corrected chi connectivity index (χ2v) is 4.51. The topological polar surface area (TPSA) is 42.7 Å². The van der Waals surface area contributed by atoms with E-state index in [9.17, 15) is 0 Å². The van der Waals surface area contributed by atoms with E-state index < -0.39 is 0 Å². The molecule has 3 aromatic rings. The molecule has 4 heteroatoms. The number of hydrogen-bond donors (Lipinski definition) is 1. The van der Waals surface area contributed by atoms with Gasteiger partial charge in [0, 0.05) is 23.3 Å². The van der Waals surface area contributed by atoms with Crippen LogP contribution in [0.25, 0.3) is 10.9 Å². The molecule has 1 aromatic carbocycles.